The molecule has 10 nitrogen and oxygen atoms in total. The number of nitrogens with one attached hydrogen (secondary N) is 3. The van der Waals surface area contributed by atoms with Crippen LogP contribution in [0.5, 0.6) is 0 Å². The third-order valence-electron chi connectivity index (χ3n) is 4.86. The summed E-state index contributed by atoms with van der Waals surface area (Å²) >= 11 is 2.58. The molecule has 0 unspecified atom stereocenters. The van der Waals surface area contributed by atoms with E-state index in [0.717, 1.165) is 4.90 Å². The molecular formula is C24H30N4O6S2. The molecule has 0 fully saturated rings. The van der Waals surface area contributed by atoms with E-state index in [4.69, 9.17) is 4.74 Å². The topological polar surface area (TPSA) is 144 Å². The summed E-state index contributed by atoms with van der Waals surface area (Å²) in [6.45, 7) is 4.56. The molecule has 0 aliphatic carbocycles. The lowest BCUT2D eigenvalue weighted by Crippen LogP contribution is -2.44. The average Bonchev–Trinajstić information content (AvgIpc) is 2.84. The number of nitrogens with zero attached hydrogens (tertiary/aromatic N) is 1. The van der Waals surface area contributed by atoms with E-state index in [1.54, 1.807) is 31.2 Å². The largest absolute Gasteiger partial charge is 0.456 e. The summed E-state index contributed by atoms with van der Waals surface area (Å²) in [6, 6.07) is 2.29. The zero-order valence-electron chi connectivity index (χ0n) is 20.6. The van der Waals surface area contributed by atoms with E-state index in [2.05, 4.69) is 20.9 Å². The minimum absolute atomic E-state index is 0.00229. The Hall–Kier alpha value is -3.12. The van der Waals surface area contributed by atoms with E-state index in [0.29, 0.717) is 17.9 Å². The number of carbonyl (C=O) groups excluding carboxylic acids is 5. The molecule has 3 amide bonds. The Kier molecular flexibility index (Phi) is 11.7. The van der Waals surface area contributed by atoms with Crippen LogP contribution in [0.2, 0.25) is 0 Å². The van der Waals surface area contributed by atoms with Gasteiger partial charge in [-0.15, -0.1) is 11.8 Å². The van der Waals surface area contributed by atoms with E-state index in [1.807, 2.05) is 6.26 Å². The SMILES string of the molecule is C/C=C1\NC(=O)c2cc(SC)cc(n2)CNC(=O)C[C@@H](/C=C/CCSC(C)=O)OC(=O)[C@@H](C)NC1=O. The van der Waals surface area contributed by atoms with Crippen molar-refractivity contribution in [3.05, 3.63) is 47.4 Å². The smallest absolute Gasteiger partial charge is 0.328 e. The first-order valence-corrected chi connectivity index (χ1v) is 13.4. The average molecular weight is 535 g/mol. The molecule has 0 aromatic carbocycles. The van der Waals surface area contributed by atoms with Crippen LogP contribution in [0.1, 0.15) is 49.8 Å². The number of thioether (sulfide) groups is 2. The standard InChI is InChI=1S/C24H30N4O6S2/c1-5-19-22(31)26-14(2)24(33)34-17(8-6-7-9-36-15(3)29)11-21(30)25-13-16-10-18(35-4)12-20(27-16)23(32)28-19/h5-6,8,10,12,14,17H,7,9,11,13H2,1-4H3,(H,25,30)(H,26,31)(H,28,32)/b8-6+,19-5-/t14-,17-/m1/s1. The van der Waals surface area contributed by atoms with Crippen molar-refractivity contribution < 1.29 is 28.7 Å². The van der Waals surface area contributed by atoms with Gasteiger partial charge < -0.3 is 20.7 Å². The van der Waals surface area contributed by atoms with Gasteiger partial charge in [-0.2, -0.15) is 0 Å². The number of pyridine rings is 1. The third-order valence-corrected chi connectivity index (χ3v) is 6.42. The second-order valence-corrected chi connectivity index (χ2v) is 9.90. The molecule has 0 saturated heterocycles. The summed E-state index contributed by atoms with van der Waals surface area (Å²) in [4.78, 5) is 66.9. The highest BCUT2D eigenvalue weighted by atomic mass is 32.2. The first kappa shape index (κ1) is 29.1. The summed E-state index contributed by atoms with van der Waals surface area (Å²) in [6.07, 6.45) is 6.11. The van der Waals surface area contributed by atoms with Crippen molar-refractivity contribution in [1.29, 1.82) is 0 Å². The van der Waals surface area contributed by atoms with Crippen LogP contribution in [0.3, 0.4) is 0 Å². The normalized spacial score (nSPS) is 21.1. The second kappa shape index (κ2) is 14.4. The van der Waals surface area contributed by atoms with Gasteiger partial charge in [0.2, 0.25) is 5.91 Å². The molecule has 1 aliphatic rings. The van der Waals surface area contributed by atoms with Crippen LogP contribution in [0.25, 0.3) is 0 Å². The number of aromatic nitrogens is 1. The summed E-state index contributed by atoms with van der Waals surface area (Å²) in [7, 11) is 0. The lowest BCUT2D eigenvalue weighted by atomic mass is 10.2. The Labute approximate surface area is 218 Å². The predicted octanol–water partition coefficient (Wildman–Crippen LogP) is 2.10. The summed E-state index contributed by atoms with van der Waals surface area (Å²) in [5.41, 5.74) is 0.498. The van der Waals surface area contributed by atoms with E-state index in [-0.39, 0.29) is 29.5 Å². The summed E-state index contributed by atoms with van der Waals surface area (Å²) < 4.78 is 5.48. The molecule has 0 saturated carbocycles. The first-order valence-electron chi connectivity index (χ1n) is 11.2. The molecule has 1 aromatic heterocycles. The summed E-state index contributed by atoms with van der Waals surface area (Å²) in [5.74, 6) is -1.85. The Morgan fingerprint density at radius 2 is 1.97 bits per heavy atom. The Morgan fingerprint density at radius 1 is 1.22 bits per heavy atom. The van der Waals surface area contributed by atoms with Gasteiger partial charge in [-0.1, -0.05) is 23.9 Å². The number of hydrogen-bond donors (Lipinski definition) is 3. The molecule has 3 N–H and O–H groups in total. The van der Waals surface area contributed by atoms with Crippen LogP contribution in [-0.4, -0.2) is 57.9 Å². The van der Waals surface area contributed by atoms with E-state index in [1.165, 1.54) is 43.4 Å². The van der Waals surface area contributed by atoms with Crippen molar-refractivity contribution >= 4 is 52.3 Å². The monoisotopic (exact) mass is 534 g/mol. The quantitative estimate of drug-likeness (QED) is 0.170. The van der Waals surface area contributed by atoms with Crippen LogP contribution in [0, 0.1) is 0 Å². The van der Waals surface area contributed by atoms with Crippen LogP contribution < -0.4 is 16.0 Å². The molecule has 0 radical (unpaired) electrons. The Bertz CT molecular complexity index is 1070. The van der Waals surface area contributed by atoms with Crippen molar-refractivity contribution in [2.24, 2.45) is 0 Å². The molecule has 194 valence electrons. The van der Waals surface area contributed by atoms with Gasteiger partial charge in [0.1, 0.15) is 23.5 Å². The fraction of sp³-hybridized carbons (Fsp3) is 0.417. The highest BCUT2D eigenvalue weighted by Gasteiger charge is 2.25. The second-order valence-electron chi connectivity index (χ2n) is 7.75. The number of amides is 3. The highest BCUT2D eigenvalue weighted by Crippen LogP contribution is 2.17. The molecule has 2 rings (SSSR count). The van der Waals surface area contributed by atoms with Gasteiger partial charge >= 0.3 is 5.97 Å². The summed E-state index contributed by atoms with van der Waals surface area (Å²) in [5, 5.41) is 7.76. The third kappa shape index (κ3) is 9.50. The molecule has 0 spiro atoms. The molecule has 36 heavy (non-hydrogen) atoms. The van der Waals surface area contributed by atoms with Crippen molar-refractivity contribution in [2.45, 2.75) is 57.2 Å². The highest BCUT2D eigenvalue weighted by molar-refractivity contribution is 8.13. The van der Waals surface area contributed by atoms with Crippen LogP contribution in [0.4, 0.5) is 0 Å². The number of rotatable bonds is 5. The van der Waals surface area contributed by atoms with E-state index < -0.39 is 35.8 Å². The fourth-order valence-electron chi connectivity index (χ4n) is 3.03. The van der Waals surface area contributed by atoms with E-state index >= 15 is 0 Å². The maximum absolute atomic E-state index is 12.8. The van der Waals surface area contributed by atoms with E-state index in [9.17, 15) is 24.0 Å². The van der Waals surface area contributed by atoms with Crippen molar-refractivity contribution in [3.63, 3.8) is 0 Å². The number of hydrogen-bond acceptors (Lipinski definition) is 9. The number of cyclic esters (lactones) is 1. The van der Waals surface area contributed by atoms with Crippen LogP contribution in [0.15, 0.2) is 41.0 Å². The molecule has 2 heterocycles. The van der Waals surface area contributed by atoms with Gasteiger partial charge in [-0.3, -0.25) is 19.2 Å². The molecule has 2 atom stereocenters. The minimum atomic E-state index is -1.05. The van der Waals surface area contributed by atoms with Gasteiger partial charge in [-0.05, 0) is 44.7 Å². The molecule has 1 aliphatic heterocycles. The number of carbonyl (C=O) groups is 5. The number of ether oxygens (including phenoxy) is 1. The van der Waals surface area contributed by atoms with Crippen molar-refractivity contribution in [1.82, 2.24) is 20.9 Å². The van der Waals surface area contributed by atoms with Crippen molar-refractivity contribution in [3.8, 4) is 0 Å². The molecular weight excluding hydrogens is 504 g/mol. The molecule has 12 heteroatoms. The minimum Gasteiger partial charge on any atom is -0.456 e. The van der Waals surface area contributed by atoms with Crippen LogP contribution in [-0.2, 0) is 30.5 Å². The zero-order chi connectivity index (χ0) is 26.7. The van der Waals surface area contributed by atoms with Gasteiger partial charge in [0.15, 0.2) is 5.12 Å². The lowest BCUT2D eigenvalue weighted by molar-refractivity contribution is -0.151. The lowest BCUT2D eigenvalue weighted by Gasteiger charge is -2.20. The van der Waals surface area contributed by atoms with Crippen molar-refractivity contribution in [2.75, 3.05) is 12.0 Å². The number of esters is 1. The zero-order valence-corrected chi connectivity index (χ0v) is 22.2. The number of fused-ring (bicyclic) bond motifs is 2. The maximum atomic E-state index is 12.8. The predicted molar refractivity (Wildman–Crippen MR) is 138 cm³/mol. The molecule has 2 bridgehead atoms. The van der Waals surface area contributed by atoms with Gasteiger partial charge in [-0.25, -0.2) is 9.78 Å². The first-order chi connectivity index (χ1) is 17.1. The van der Waals surface area contributed by atoms with Crippen LogP contribution >= 0.6 is 23.5 Å². The van der Waals surface area contributed by atoms with Gasteiger partial charge in [0.05, 0.1) is 18.7 Å². The fourth-order valence-corrected chi connectivity index (χ4v) is 4.05. The Morgan fingerprint density at radius 3 is 2.64 bits per heavy atom. The number of allylic oxidation sites excluding steroid dienone is 2. The van der Waals surface area contributed by atoms with Gasteiger partial charge in [0.25, 0.3) is 11.8 Å². The maximum Gasteiger partial charge on any atom is 0.328 e. The van der Waals surface area contributed by atoms with Gasteiger partial charge in [0, 0.05) is 17.6 Å². The Balaban J connectivity index is 2.32. The molecule has 1 aromatic rings.